The van der Waals surface area contributed by atoms with Gasteiger partial charge in [0.1, 0.15) is 0 Å². The molecule has 1 nitrogen and oxygen atoms in total. The lowest BCUT2D eigenvalue weighted by molar-refractivity contribution is 0.0654. The van der Waals surface area contributed by atoms with Gasteiger partial charge in [0.2, 0.25) is 0 Å². The number of hydrogen-bond acceptors (Lipinski definition) is 1. The van der Waals surface area contributed by atoms with Gasteiger partial charge in [-0.25, -0.2) is 0 Å². The molecular formula is C11H22O. The Hall–Kier alpha value is -0.0400. The van der Waals surface area contributed by atoms with Crippen LogP contribution in [-0.2, 0) is 0 Å². The van der Waals surface area contributed by atoms with Gasteiger partial charge in [-0.05, 0) is 36.5 Å². The molecule has 1 saturated carbocycles. The van der Waals surface area contributed by atoms with Gasteiger partial charge in [-0.1, -0.05) is 27.7 Å². The molecule has 4 unspecified atom stereocenters. The molecule has 12 heavy (non-hydrogen) atoms. The summed E-state index contributed by atoms with van der Waals surface area (Å²) in [5.41, 5.74) is 0. The van der Waals surface area contributed by atoms with Crippen molar-refractivity contribution in [2.45, 2.75) is 46.6 Å². The summed E-state index contributed by atoms with van der Waals surface area (Å²) in [7, 11) is 0. The van der Waals surface area contributed by atoms with Crippen molar-refractivity contribution in [3.05, 3.63) is 0 Å². The Morgan fingerprint density at radius 2 is 1.83 bits per heavy atom. The van der Waals surface area contributed by atoms with Crippen LogP contribution in [0.1, 0.15) is 40.5 Å². The van der Waals surface area contributed by atoms with Crippen molar-refractivity contribution in [1.82, 2.24) is 0 Å². The standard InChI is InChI=1S/C11H22O/c1-7(2)11(12)9(4)6-10-5-8(10)3/h7-12H,5-6H2,1-4H3. The van der Waals surface area contributed by atoms with E-state index < -0.39 is 0 Å². The van der Waals surface area contributed by atoms with Crippen LogP contribution < -0.4 is 0 Å². The molecule has 4 atom stereocenters. The van der Waals surface area contributed by atoms with E-state index >= 15 is 0 Å². The van der Waals surface area contributed by atoms with Crippen molar-refractivity contribution < 1.29 is 5.11 Å². The fourth-order valence-corrected chi connectivity index (χ4v) is 2.00. The Kier molecular flexibility index (Phi) is 3.16. The van der Waals surface area contributed by atoms with E-state index in [2.05, 4.69) is 27.7 Å². The van der Waals surface area contributed by atoms with Crippen molar-refractivity contribution in [2.75, 3.05) is 0 Å². The van der Waals surface area contributed by atoms with Crippen LogP contribution in [0.3, 0.4) is 0 Å². The quantitative estimate of drug-likeness (QED) is 0.687. The van der Waals surface area contributed by atoms with E-state index in [1.807, 2.05) is 0 Å². The Balaban J connectivity index is 2.23. The first-order valence-corrected chi connectivity index (χ1v) is 5.20. The van der Waals surface area contributed by atoms with Crippen LogP contribution in [0.4, 0.5) is 0 Å². The van der Waals surface area contributed by atoms with Gasteiger partial charge in [0, 0.05) is 0 Å². The predicted octanol–water partition coefficient (Wildman–Crippen LogP) is 2.69. The SMILES string of the molecule is CC(C)C(O)C(C)CC1CC1C. The van der Waals surface area contributed by atoms with Crippen molar-refractivity contribution in [1.29, 1.82) is 0 Å². The highest BCUT2D eigenvalue weighted by molar-refractivity contribution is 4.85. The Labute approximate surface area is 76.2 Å². The first-order chi connectivity index (χ1) is 5.52. The fraction of sp³-hybridized carbons (Fsp3) is 1.00. The molecule has 0 aromatic carbocycles. The molecule has 1 aliphatic carbocycles. The summed E-state index contributed by atoms with van der Waals surface area (Å²) in [5, 5.41) is 9.76. The van der Waals surface area contributed by atoms with Crippen LogP contribution in [0, 0.1) is 23.7 Å². The zero-order valence-electron chi connectivity index (χ0n) is 8.75. The third kappa shape index (κ3) is 2.48. The molecule has 1 N–H and O–H groups in total. The van der Waals surface area contributed by atoms with Crippen LogP contribution in [0.25, 0.3) is 0 Å². The van der Waals surface area contributed by atoms with Gasteiger partial charge in [0.25, 0.3) is 0 Å². The summed E-state index contributed by atoms with van der Waals surface area (Å²) in [6.07, 6.45) is 2.51. The fourth-order valence-electron chi connectivity index (χ4n) is 2.00. The summed E-state index contributed by atoms with van der Waals surface area (Å²) in [6, 6.07) is 0. The molecule has 0 bridgehead atoms. The topological polar surface area (TPSA) is 20.2 Å². The molecule has 1 aliphatic rings. The normalized spacial score (nSPS) is 33.5. The Morgan fingerprint density at radius 3 is 2.17 bits per heavy atom. The van der Waals surface area contributed by atoms with Crippen molar-refractivity contribution >= 4 is 0 Å². The summed E-state index contributed by atoms with van der Waals surface area (Å²) in [4.78, 5) is 0. The second-order valence-corrected chi connectivity index (χ2v) is 4.92. The second kappa shape index (κ2) is 3.78. The number of aliphatic hydroxyl groups excluding tert-OH is 1. The van der Waals surface area contributed by atoms with Gasteiger partial charge in [0.15, 0.2) is 0 Å². The summed E-state index contributed by atoms with van der Waals surface area (Å²) < 4.78 is 0. The highest BCUT2D eigenvalue weighted by Gasteiger charge is 2.35. The third-order valence-electron chi connectivity index (χ3n) is 3.22. The highest BCUT2D eigenvalue weighted by atomic mass is 16.3. The van der Waals surface area contributed by atoms with Crippen LogP contribution in [0.5, 0.6) is 0 Å². The molecule has 0 aromatic rings. The van der Waals surface area contributed by atoms with Gasteiger partial charge in [0.05, 0.1) is 6.10 Å². The lowest BCUT2D eigenvalue weighted by Crippen LogP contribution is -2.24. The van der Waals surface area contributed by atoms with E-state index in [0.717, 1.165) is 11.8 Å². The van der Waals surface area contributed by atoms with Gasteiger partial charge >= 0.3 is 0 Å². The van der Waals surface area contributed by atoms with Gasteiger partial charge in [-0.2, -0.15) is 0 Å². The molecule has 1 heteroatoms. The third-order valence-corrected chi connectivity index (χ3v) is 3.22. The van der Waals surface area contributed by atoms with Crippen LogP contribution in [0.2, 0.25) is 0 Å². The maximum atomic E-state index is 9.76. The summed E-state index contributed by atoms with van der Waals surface area (Å²) in [6.45, 7) is 8.67. The van der Waals surface area contributed by atoms with Gasteiger partial charge < -0.3 is 5.11 Å². The molecule has 0 aliphatic heterocycles. The van der Waals surface area contributed by atoms with Crippen LogP contribution >= 0.6 is 0 Å². The maximum absolute atomic E-state index is 9.76. The first-order valence-electron chi connectivity index (χ1n) is 5.20. The van der Waals surface area contributed by atoms with E-state index in [4.69, 9.17) is 0 Å². The van der Waals surface area contributed by atoms with E-state index in [1.54, 1.807) is 0 Å². The minimum Gasteiger partial charge on any atom is -0.393 e. The van der Waals surface area contributed by atoms with E-state index in [9.17, 15) is 5.11 Å². The average molecular weight is 170 g/mol. The van der Waals surface area contributed by atoms with E-state index in [1.165, 1.54) is 12.8 Å². The van der Waals surface area contributed by atoms with E-state index in [-0.39, 0.29) is 6.10 Å². The molecule has 0 radical (unpaired) electrons. The lowest BCUT2D eigenvalue weighted by Gasteiger charge is -2.21. The minimum atomic E-state index is -0.0993. The molecule has 1 rings (SSSR count). The van der Waals surface area contributed by atoms with Crippen molar-refractivity contribution in [3.63, 3.8) is 0 Å². The Morgan fingerprint density at radius 1 is 1.33 bits per heavy atom. The second-order valence-electron chi connectivity index (χ2n) is 4.92. The van der Waals surface area contributed by atoms with Crippen molar-refractivity contribution in [2.24, 2.45) is 23.7 Å². The van der Waals surface area contributed by atoms with Gasteiger partial charge in [-0.15, -0.1) is 0 Å². The molecule has 0 heterocycles. The molecular weight excluding hydrogens is 148 g/mol. The monoisotopic (exact) mass is 170 g/mol. The number of hydrogen-bond donors (Lipinski definition) is 1. The first kappa shape index (κ1) is 10.0. The zero-order valence-corrected chi connectivity index (χ0v) is 8.75. The van der Waals surface area contributed by atoms with Crippen LogP contribution in [-0.4, -0.2) is 11.2 Å². The molecule has 0 spiro atoms. The molecule has 72 valence electrons. The summed E-state index contributed by atoms with van der Waals surface area (Å²) in [5.74, 6) is 2.73. The van der Waals surface area contributed by atoms with Crippen molar-refractivity contribution in [3.8, 4) is 0 Å². The number of rotatable bonds is 4. The molecule has 0 saturated heterocycles. The lowest BCUT2D eigenvalue weighted by atomic mass is 9.90. The smallest absolute Gasteiger partial charge is 0.0588 e. The minimum absolute atomic E-state index is 0.0993. The molecule has 0 amide bonds. The maximum Gasteiger partial charge on any atom is 0.0588 e. The molecule has 0 aromatic heterocycles. The van der Waals surface area contributed by atoms with E-state index in [0.29, 0.717) is 11.8 Å². The number of aliphatic hydroxyl groups is 1. The highest BCUT2D eigenvalue weighted by Crippen LogP contribution is 2.43. The Bertz CT molecular complexity index is 142. The zero-order chi connectivity index (χ0) is 9.30. The van der Waals surface area contributed by atoms with Gasteiger partial charge in [-0.3, -0.25) is 0 Å². The summed E-state index contributed by atoms with van der Waals surface area (Å²) >= 11 is 0. The predicted molar refractivity (Wildman–Crippen MR) is 51.9 cm³/mol. The largest absolute Gasteiger partial charge is 0.393 e. The van der Waals surface area contributed by atoms with Crippen LogP contribution in [0.15, 0.2) is 0 Å². The average Bonchev–Trinajstić information content (AvgIpc) is 2.64. The molecule has 1 fully saturated rings.